The van der Waals surface area contributed by atoms with Crippen molar-refractivity contribution >= 4 is 38.0 Å². The summed E-state index contributed by atoms with van der Waals surface area (Å²) >= 11 is 3.58. The Bertz CT molecular complexity index is 177. The summed E-state index contributed by atoms with van der Waals surface area (Å²) in [7, 11) is -3.73. The molecule has 0 saturated heterocycles. The van der Waals surface area contributed by atoms with Gasteiger partial charge >= 0.3 is 10.4 Å². The van der Waals surface area contributed by atoms with E-state index in [0.29, 0.717) is 0 Å². The van der Waals surface area contributed by atoms with Gasteiger partial charge in [-0.3, -0.25) is 14.5 Å². The molecule has 0 aromatic rings. The number of rotatable bonds is 0. The Kier molecular flexibility index (Phi) is 7.36. The predicted molar refractivity (Wildman–Crippen MR) is 42.7 cm³/mol. The average Bonchev–Trinajstić information content (AvgIpc) is 1.61. The van der Waals surface area contributed by atoms with Crippen molar-refractivity contribution in [2.45, 2.75) is 0 Å². The fraction of sp³-hybridized carbons (Fsp3) is 0. The van der Waals surface area contributed by atoms with Gasteiger partial charge in [0.2, 0.25) is 0 Å². The van der Waals surface area contributed by atoms with E-state index in [1.807, 2.05) is 0 Å². The summed E-state index contributed by atoms with van der Waals surface area (Å²) in [6, 6.07) is 0. The molecular formula is CH6N2O4S3. The fourth-order valence-electron chi connectivity index (χ4n) is 0. The molecule has 0 radical (unpaired) electrons. The molecule has 0 aliphatic rings. The summed E-state index contributed by atoms with van der Waals surface area (Å²) in [6.07, 6.45) is 0. The number of hydrogen-bond donors (Lipinski definition) is 5. The Balaban J connectivity index is 0. The van der Waals surface area contributed by atoms with Gasteiger partial charge in [0, 0.05) is 0 Å². The third-order valence-corrected chi connectivity index (χ3v) is 0.885. The highest BCUT2D eigenvalue weighted by molar-refractivity contribution is 8.74. The molecule has 0 aromatic carbocycles. The maximum Gasteiger partial charge on any atom is 0.394 e. The van der Waals surface area contributed by atoms with E-state index in [0.717, 1.165) is 10.8 Å². The summed E-state index contributed by atoms with van der Waals surface area (Å²) in [5.41, 5.74) is 4.76. The summed E-state index contributed by atoms with van der Waals surface area (Å²) in [4.78, 5) is 0. The summed E-state index contributed by atoms with van der Waals surface area (Å²) in [5, 5.41) is 6.44. The molecule has 0 bridgehead atoms. The molecule has 0 aliphatic heterocycles. The van der Waals surface area contributed by atoms with Crippen LogP contribution in [0.3, 0.4) is 0 Å². The van der Waals surface area contributed by atoms with E-state index in [1.165, 1.54) is 0 Å². The maximum absolute atomic E-state index is 8.74. The summed E-state index contributed by atoms with van der Waals surface area (Å²) < 4.78 is 31.6. The van der Waals surface area contributed by atoms with Crippen LogP contribution in [0, 0.1) is 5.41 Å². The SMILES string of the molecule is N=C(N)SS.O=S(=O)(O)O. The molecule has 0 unspecified atom stereocenters. The molecular weight excluding hydrogens is 200 g/mol. The third kappa shape index (κ3) is 95.8. The van der Waals surface area contributed by atoms with E-state index >= 15 is 0 Å². The van der Waals surface area contributed by atoms with Crippen LogP contribution in [0.15, 0.2) is 0 Å². The van der Waals surface area contributed by atoms with E-state index < -0.39 is 10.4 Å². The topological polar surface area (TPSA) is 124 Å². The normalized spacial score (nSPS) is 9.50. The second-order valence-electron chi connectivity index (χ2n) is 0.903. The van der Waals surface area contributed by atoms with Crippen LogP contribution >= 0.6 is 22.5 Å². The molecule has 0 saturated carbocycles. The second-order valence-corrected chi connectivity index (χ2v) is 2.97. The molecule has 0 spiro atoms. The first-order chi connectivity index (χ1) is 4.27. The maximum atomic E-state index is 8.74. The van der Waals surface area contributed by atoms with E-state index in [1.54, 1.807) is 0 Å². The largest absolute Gasteiger partial charge is 0.394 e. The molecule has 0 heterocycles. The molecule has 9 heteroatoms. The van der Waals surface area contributed by atoms with Crippen molar-refractivity contribution in [3.05, 3.63) is 0 Å². The first kappa shape index (κ1) is 12.7. The molecule has 5 N–H and O–H groups in total. The Morgan fingerprint density at radius 2 is 1.70 bits per heavy atom. The van der Waals surface area contributed by atoms with Crippen LogP contribution in [-0.2, 0) is 10.4 Å². The van der Waals surface area contributed by atoms with Crippen molar-refractivity contribution < 1.29 is 17.5 Å². The van der Waals surface area contributed by atoms with Crippen LogP contribution in [0.25, 0.3) is 0 Å². The predicted octanol–water partition coefficient (Wildman–Crippen LogP) is -0.195. The summed E-state index contributed by atoms with van der Waals surface area (Å²) in [6.45, 7) is 0. The van der Waals surface area contributed by atoms with Gasteiger partial charge in [-0.2, -0.15) is 8.42 Å². The van der Waals surface area contributed by atoms with E-state index in [-0.39, 0.29) is 5.17 Å². The first-order valence-corrected chi connectivity index (χ1v) is 4.89. The molecule has 10 heavy (non-hydrogen) atoms. The molecule has 0 aliphatic carbocycles. The van der Waals surface area contributed by atoms with Crippen LogP contribution < -0.4 is 5.73 Å². The average molecular weight is 206 g/mol. The monoisotopic (exact) mass is 206 g/mol. The molecule has 0 aromatic heterocycles. The van der Waals surface area contributed by atoms with Gasteiger partial charge in [0.25, 0.3) is 0 Å². The number of hydrogen-bond acceptors (Lipinski definition) is 5. The zero-order chi connectivity index (χ0) is 8.78. The highest BCUT2D eigenvalue weighted by Gasteiger charge is 1.84. The molecule has 6 nitrogen and oxygen atoms in total. The van der Waals surface area contributed by atoms with Gasteiger partial charge in [-0.25, -0.2) is 0 Å². The van der Waals surface area contributed by atoms with Crippen LogP contribution in [0.1, 0.15) is 0 Å². The molecule has 0 rings (SSSR count). The standard InChI is InChI=1S/CH4N2S2.H2O4S/c2-1(3)5-4;1-5(2,3)4/h4H,(H3,2,3);(H2,1,2,3,4). The second kappa shape index (κ2) is 5.80. The minimum Gasteiger partial charge on any atom is -0.378 e. The number of amidine groups is 1. The van der Waals surface area contributed by atoms with Crippen molar-refractivity contribution in [2.24, 2.45) is 5.73 Å². The van der Waals surface area contributed by atoms with Crippen molar-refractivity contribution in [1.29, 1.82) is 5.41 Å². The van der Waals surface area contributed by atoms with Gasteiger partial charge < -0.3 is 5.73 Å². The van der Waals surface area contributed by atoms with Gasteiger partial charge in [-0.15, -0.1) is 11.7 Å². The lowest BCUT2D eigenvalue weighted by molar-refractivity contribution is 0.381. The minimum atomic E-state index is -4.67. The smallest absolute Gasteiger partial charge is 0.378 e. The quantitative estimate of drug-likeness (QED) is 0.123. The van der Waals surface area contributed by atoms with Gasteiger partial charge in [0.1, 0.15) is 0 Å². The van der Waals surface area contributed by atoms with Crippen LogP contribution in [-0.4, -0.2) is 22.7 Å². The number of nitrogens with two attached hydrogens (primary N) is 1. The van der Waals surface area contributed by atoms with Crippen LogP contribution in [0.4, 0.5) is 0 Å². The van der Waals surface area contributed by atoms with E-state index in [4.69, 9.17) is 28.7 Å². The Hall–Kier alpha value is 0.0400. The molecule has 0 amide bonds. The Labute approximate surface area is 67.1 Å². The first-order valence-electron chi connectivity index (χ1n) is 1.62. The zero-order valence-corrected chi connectivity index (χ0v) is 7.08. The van der Waals surface area contributed by atoms with Gasteiger partial charge in [0.05, 0.1) is 0 Å². The van der Waals surface area contributed by atoms with Gasteiger partial charge in [-0.1, -0.05) is 0 Å². The van der Waals surface area contributed by atoms with Crippen LogP contribution in [0.5, 0.6) is 0 Å². The number of nitrogens with one attached hydrogen (secondary N) is 1. The fourth-order valence-corrected chi connectivity index (χ4v) is 0. The molecule has 0 fully saturated rings. The zero-order valence-electron chi connectivity index (χ0n) is 4.55. The van der Waals surface area contributed by atoms with Crippen molar-refractivity contribution in [2.75, 3.05) is 0 Å². The van der Waals surface area contributed by atoms with Crippen molar-refractivity contribution in [1.82, 2.24) is 0 Å². The van der Waals surface area contributed by atoms with Crippen LogP contribution in [0.2, 0.25) is 0 Å². The van der Waals surface area contributed by atoms with Crippen molar-refractivity contribution in [3.63, 3.8) is 0 Å². The minimum absolute atomic E-state index is 0.0355. The number of thiol groups is 1. The third-order valence-electron chi connectivity index (χ3n) is 0.0983. The van der Waals surface area contributed by atoms with E-state index in [9.17, 15) is 0 Å². The lowest BCUT2D eigenvalue weighted by Gasteiger charge is -1.77. The van der Waals surface area contributed by atoms with E-state index in [2.05, 4.69) is 11.7 Å². The van der Waals surface area contributed by atoms with Gasteiger partial charge in [-0.05, 0) is 10.8 Å². The molecule has 62 valence electrons. The molecule has 0 atom stereocenters. The van der Waals surface area contributed by atoms with Crippen molar-refractivity contribution in [3.8, 4) is 0 Å². The Morgan fingerprint density at radius 1 is 1.60 bits per heavy atom. The summed E-state index contributed by atoms with van der Waals surface area (Å²) in [5.74, 6) is 0. The lowest BCUT2D eigenvalue weighted by atomic mass is 11.4. The Morgan fingerprint density at radius 3 is 1.70 bits per heavy atom. The highest BCUT2D eigenvalue weighted by Crippen LogP contribution is 1.99. The lowest BCUT2D eigenvalue weighted by Crippen LogP contribution is -1.99. The highest BCUT2D eigenvalue weighted by atomic mass is 33.1. The van der Waals surface area contributed by atoms with Gasteiger partial charge in [0.15, 0.2) is 5.17 Å².